The van der Waals surface area contributed by atoms with Crippen molar-refractivity contribution < 1.29 is 13.2 Å². The molecular weight excluding hydrogens is 404 g/mol. The number of nitrogens with zero attached hydrogens (tertiary/aromatic N) is 2. The van der Waals surface area contributed by atoms with Gasteiger partial charge in [-0.2, -0.15) is 0 Å². The van der Waals surface area contributed by atoms with Gasteiger partial charge in [-0.15, -0.1) is 11.8 Å². The van der Waals surface area contributed by atoms with Crippen molar-refractivity contribution in [2.45, 2.75) is 17.1 Å². The quantitative estimate of drug-likeness (QED) is 0.713. The Bertz CT molecular complexity index is 944. The molecule has 144 valence electrons. The number of fused-ring (bicyclic) bond motifs is 1. The molecule has 2 aromatic carbocycles. The molecule has 27 heavy (non-hydrogen) atoms. The molecule has 0 spiro atoms. The summed E-state index contributed by atoms with van der Waals surface area (Å²) in [5.41, 5.74) is 2.83. The van der Waals surface area contributed by atoms with Gasteiger partial charge < -0.3 is 4.90 Å². The fourth-order valence-electron chi connectivity index (χ4n) is 2.92. The Morgan fingerprint density at radius 2 is 1.89 bits per heavy atom. The van der Waals surface area contributed by atoms with Crippen molar-refractivity contribution >= 4 is 45.0 Å². The summed E-state index contributed by atoms with van der Waals surface area (Å²) in [5.74, 6) is 1.15. The number of benzene rings is 2. The highest BCUT2D eigenvalue weighted by atomic mass is 35.5. The van der Waals surface area contributed by atoms with Gasteiger partial charge in [-0.3, -0.25) is 4.79 Å². The predicted octanol–water partition coefficient (Wildman–Crippen LogP) is 3.41. The lowest BCUT2D eigenvalue weighted by Gasteiger charge is -2.18. The fourth-order valence-corrected chi connectivity index (χ4v) is 4.86. The summed E-state index contributed by atoms with van der Waals surface area (Å²) in [6.45, 7) is 0.584. The number of carbonyl (C=O) groups excluding carboxylic acids is 1. The molecule has 1 aliphatic heterocycles. The summed E-state index contributed by atoms with van der Waals surface area (Å²) in [7, 11) is -0.447. The zero-order valence-corrected chi connectivity index (χ0v) is 17.6. The number of halogens is 1. The Kier molecular flexibility index (Phi) is 6.15. The summed E-state index contributed by atoms with van der Waals surface area (Å²) < 4.78 is 25.8. The lowest BCUT2D eigenvalue weighted by molar-refractivity contribution is -0.116. The predicted molar refractivity (Wildman–Crippen MR) is 111 cm³/mol. The molecule has 8 heteroatoms. The third-order valence-electron chi connectivity index (χ3n) is 4.43. The number of carbonyl (C=O) groups is 1. The molecule has 0 bridgehead atoms. The van der Waals surface area contributed by atoms with Crippen molar-refractivity contribution in [1.82, 2.24) is 4.31 Å². The topological polar surface area (TPSA) is 57.7 Å². The van der Waals surface area contributed by atoms with E-state index in [1.54, 1.807) is 34.9 Å². The molecule has 0 N–H and O–H groups in total. The van der Waals surface area contributed by atoms with Gasteiger partial charge in [0.2, 0.25) is 15.9 Å². The molecule has 1 aliphatic rings. The van der Waals surface area contributed by atoms with E-state index < -0.39 is 10.0 Å². The molecule has 0 unspecified atom stereocenters. The van der Waals surface area contributed by atoms with Gasteiger partial charge in [0.25, 0.3) is 0 Å². The summed E-state index contributed by atoms with van der Waals surface area (Å²) in [6, 6.07) is 12.6. The van der Waals surface area contributed by atoms with Crippen LogP contribution in [0.1, 0.15) is 11.1 Å². The first-order chi connectivity index (χ1) is 12.8. The molecule has 0 saturated heterocycles. The van der Waals surface area contributed by atoms with Crippen LogP contribution in [0.15, 0.2) is 47.4 Å². The number of anilines is 1. The molecule has 0 radical (unpaired) electrons. The highest BCUT2D eigenvalue weighted by molar-refractivity contribution is 7.99. The van der Waals surface area contributed by atoms with Crippen molar-refractivity contribution in [3.63, 3.8) is 0 Å². The Morgan fingerprint density at radius 1 is 1.19 bits per heavy atom. The minimum Gasteiger partial charge on any atom is -0.311 e. The van der Waals surface area contributed by atoms with Gasteiger partial charge in [0.1, 0.15) is 0 Å². The van der Waals surface area contributed by atoms with E-state index in [9.17, 15) is 13.2 Å². The standard InChI is InChI=1S/C19H21ClN2O3S2/c1-21(2)27(24,25)17-7-8-18-15(11-17)9-10-22(18)19(23)13-26-12-14-3-5-16(20)6-4-14/h3-8,11H,9-10,12-13H2,1-2H3. The van der Waals surface area contributed by atoms with Gasteiger partial charge in [0.05, 0.1) is 10.6 Å². The first-order valence-electron chi connectivity index (χ1n) is 8.47. The number of sulfonamides is 1. The maximum atomic E-state index is 12.6. The Hall–Kier alpha value is -1.54. The zero-order chi connectivity index (χ0) is 19.6. The van der Waals surface area contributed by atoms with E-state index in [4.69, 9.17) is 11.6 Å². The van der Waals surface area contributed by atoms with Crippen LogP contribution in [-0.4, -0.2) is 45.0 Å². The minimum atomic E-state index is -3.47. The van der Waals surface area contributed by atoms with Crippen molar-refractivity contribution in [3.8, 4) is 0 Å². The molecule has 5 nitrogen and oxygen atoms in total. The van der Waals surface area contributed by atoms with Crippen LogP contribution in [0.5, 0.6) is 0 Å². The molecule has 0 aliphatic carbocycles. The number of rotatable bonds is 6. The maximum absolute atomic E-state index is 12.6. The SMILES string of the molecule is CN(C)S(=O)(=O)c1ccc2c(c1)CCN2C(=O)CSCc1ccc(Cl)cc1. The van der Waals surface area contributed by atoms with Crippen LogP contribution in [0, 0.1) is 0 Å². The van der Waals surface area contributed by atoms with Crippen LogP contribution in [-0.2, 0) is 27.0 Å². The molecule has 2 aromatic rings. The average Bonchev–Trinajstić information content (AvgIpc) is 3.06. The van der Waals surface area contributed by atoms with Crippen LogP contribution in [0.2, 0.25) is 5.02 Å². The van der Waals surface area contributed by atoms with Crippen molar-refractivity contribution in [1.29, 1.82) is 0 Å². The van der Waals surface area contributed by atoms with Gasteiger partial charge in [-0.25, -0.2) is 12.7 Å². The van der Waals surface area contributed by atoms with Gasteiger partial charge in [-0.05, 0) is 47.9 Å². The summed E-state index contributed by atoms with van der Waals surface area (Å²) in [5, 5.41) is 0.698. The maximum Gasteiger partial charge on any atom is 0.242 e. The smallest absolute Gasteiger partial charge is 0.242 e. The van der Waals surface area contributed by atoms with E-state index in [1.165, 1.54) is 18.4 Å². The number of hydrogen-bond donors (Lipinski definition) is 0. The third-order valence-corrected chi connectivity index (χ3v) is 7.49. The first kappa shape index (κ1) is 20.2. The Labute approximate surface area is 169 Å². The minimum absolute atomic E-state index is 0.0379. The third kappa shape index (κ3) is 4.48. The monoisotopic (exact) mass is 424 g/mol. The number of hydrogen-bond acceptors (Lipinski definition) is 4. The molecular formula is C19H21ClN2O3S2. The molecule has 1 amide bonds. The van der Waals surface area contributed by atoms with E-state index in [-0.39, 0.29) is 10.8 Å². The molecule has 0 aromatic heterocycles. The van der Waals surface area contributed by atoms with Gasteiger partial charge in [0.15, 0.2) is 0 Å². The lowest BCUT2D eigenvalue weighted by Crippen LogP contribution is -2.30. The molecule has 0 saturated carbocycles. The van der Waals surface area contributed by atoms with E-state index in [0.717, 1.165) is 22.6 Å². The highest BCUT2D eigenvalue weighted by Gasteiger charge is 2.27. The summed E-state index contributed by atoms with van der Waals surface area (Å²) in [4.78, 5) is 14.6. The van der Waals surface area contributed by atoms with Crippen molar-refractivity contribution in [3.05, 3.63) is 58.6 Å². The van der Waals surface area contributed by atoms with Crippen LogP contribution < -0.4 is 4.90 Å². The van der Waals surface area contributed by atoms with E-state index >= 15 is 0 Å². The second kappa shape index (κ2) is 8.22. The Balaban J connectivity index is 1.64. The van der Waals surface area contributed by atoms with E-state index in [1.807, 2.05) is 24.3 Å². The molecule has 3 rings (SSSR count). The van der Waals surface area contributed by atoms with Crippen LogP contribution >= 0.6 is 23.4 Å². The van der Waals surface area contributed by atoms with Crippen LogP contribution in [0.3, 0.4) is 0 Å². The first-order valence-corrected chi connectivity index (χ1v) is 11.4. The summed E-state index contributed by atoms with van der Waals surface area (Å²) >= 11 is 7.44. The fraction of sp³-hybridized carbons (Fsp3) is 0.316. The van der Waals surface area contributed by atoms with Gasteiger partial charge in [-0.1, -0.05) is 23.7 Å². The number of amides is 1. The zero-order valence-electron chi connectivity index (χ0n) is 15.2. The Morgan fingerprint density at radius 3 is 2.56 bits per heavy atom. The molecule has 1 heterocycles. The second-order valence-electron chi connectivity index (χ2n) is 6.49. The normalized spacial score (nSPS) is 13.9. The van der Waals surface area contributed by atoms with Crippen molar-refractivity contribution in [2.75, 3.05) is 31.3 Å². The second-order valence-corrected chi connectivity index (χ2v) is 10.1. The summed E-state index contributed by atoms with van der Waals surface area (Å²) in [6.07, 6.45) is 0.666. The van der Waals surface area contributed by atoms with E-state index in [2.05, 4.69) is 0 Å². The molecule has 0 fully saturated rings. The van der Waals surface area contributed by atoms with Gasteiger partial charge in [0, 0.05) is 37.1 Å². The van der Waals surface area contributed by atoms with Crippen LogP contribution in [0.25, 0.3) is 0 Å². The number of thioether (sulfide) groups is 1. The highest BCUT2D eigenvalue weighted by Crippen LogP contribution is 2.31. The van der Waals surface area contributed by atoms with E-state index in [0.29, 0.717) is 23.7 Å². The lowest BCUT2D eigenvalue weighted by atomic mass is 10.2. The van der Waals surface area contributed by atoms with Gasteiger partial charge >= 0.3 is 0 Å². The average molecular weight is 425 g/mol. The van der Waals surface area contributed by atoms with Crippen molar-refractivity contribution in [2.24, 2.45) is 0 Å². The van der Waals surface area contributed by atoms with Crippen LogP contribution in [0.4, 0.5) is 5.69 Å². The molecule has 0 atom stereocenters. The largest absolute Gasteiger partial charge is 0.311 e.